The smallest absolute Gasteiger partial charge is 0.311 e. The zero-order valence-corrected chi connectivity index (χ0v) is 11.5. The predicted octanol–water partition coefficient (Wildman–Crippen LogP) is 2.20. The summed E-state index contributed by atoms with van der Waals surface area (Å²) in [6, 6.07) is 0. The summed E-state index contributed by atoms with van der Waals surface area (Å²) in [5.74, 6) is -0.760. The number of carboxylic acid groups (broad SMARTS) is 1. The van der Waals surface area contributed by atoms with Crippen LogP contribution in [0.1, 0.15) is 12.8 Å². The Labute approximate surface area is 111 Å². The maximum Gasteiger partial charge on any atom is 0.311 e. The largest absolute Gasteiger partial charge is 0.481 e. The lowest BCUT2D eigenvalue weighted by Crippen LogP contribution is -2.42. The number of hydrogen-bond acceptors (Lipinski definition) is 5. The molecule has 7 heteroatoms. The van der Waals surface area contributed by atoms with Crippen LogP contribution in [0.4, 0.5) is 5.13 Å². The van der Waals surface area contributed by atoms with Gasteiger partial charge in [-0.2, -0.15) is 0 Å². The van der Waals surface area contributed by atoms with Crippen LogP contribution in [0, 0.1) is 5.41 Å². The lowest BCUT2D eigenvalue weighted by Gasteiger charge is -2.33. The molecule has 0 spiro atoms. The van der Waals surface area contributed by atoms with Gasteiger partial charge in [-0.15, -0.1) is 11.3 Å². The molecule has 17 heavy (non-hydrogen) atoms. The molecule has 1 saturated heterocycles. The van der Waals surface area contributed by atoms with Crippen molar-refractivity contribution >= 4 is 38.4 Å². The number of ether oxygens (including phenoxy) is 1. The molecule has 1 aliphatic rings. The highest BCUT2D eigenvalue weighted by atomic mass is 79.9. The van der Waals surface area contributed by atoms with Gasteiger partial charge in [-0.1, -0.05) is 0 Å². The SMILES string of the molecule is O=C(O)C1(CNc2nc(Br)cs2)CCOCC1. The Morgan fingerprint density at radius 2 is 2.35 bits per heavy atom. The van der Waals surface area contributed by atoms with Gasteiger partial charge < -0.3 is 15.2 Å². The van der Waals surface area contributed by atoms with E-state index in [9.17, 15) is 9.90 Å². The Balaban J connectivity index is 2.00. The summed E-state index contributed by atoms with van der Waals surface area (Å²) in [6.45, 7) is 1.41. The Bertz CT molecular complexity index is 404. The summed E-state index contributed by atoms with van der Waals surface area (Å²) in [5.41, 5.74) is -0.726. The Hall–Kier alpha value is -0.660. The number of thiazole rings is 1. The number of hydrogen-bond donors (Lipinski definition) is 2. The maximum atomic E-state index is 11.4. The third-order valence-corrected chi connectivity index (χ3v) is 4.47. The van der Waals surface area contributed by atoms with E-state index in [1.807, 2.05) is 5.38 Å². The van der Waals surface area contributed by atoms with E-state index >= 15 is 0 Å². The van der Waals surface area contributed by atoms with Crippen LogP contribution in [0.3, 0.4) is 0 Å². The average Bonchev–Trinajstić information content (AvgIpc) is 2.74. The Morgan fingerprint density at radius 3 is 2.88 bits per heavy atom. The van der Waals surface area contributed by atoms with Crippen LogP contribution in [0.5, 0.6) is 0 Å². The monoisotopic (exact) mass is 320 g/mol. The maximum absolute atomic E-state index is 11.4. The van der Waals surface area contributed by atoms with E-state index in [1.54, 1.807) is 0 Å². The normalized spacial score (nSPS) is 18.9. The van der Waals surface area contributed by atoms with Gasteiger partial charge in [0.15, 0.2) is 5.13 Å². The quantitative estimate of drug-likeness (QED) is 0.889. The fourth-order valence-electron chi connectivity index (χ4n) is 1.81. The summed E-state index contributed by atoms with van der Waals surface area (Å²) in [6.07, 6.45) is 1.09. The molecule has 0 aliphatic carbocycles. The lowest BCUT2D eigenvalue weighted by atomic mass is 9.80. The van der Waals surface area contributed by atoms with Crippen molar-refractivity contribution in [1.82, 2.24) is 4.98 Å². The van der Waals surface area contributed by atoms with Crippen molar-refractivity contribution in [1.29, 1.82) is 0 Å². The molecule has 1 aromatic heterocycles. The number of aliphatic carboxylic acids is 1. The topological polar surface area (TPSA) is 71.5 Å². The van der Waals surface area contributed by atoms with Crippen molar-refractivity contribution in [3.8, 4) is 0 Å². The number of nitrogens with zero attached hydrogens (tertiary/aromatic N) is 1. The van der Waals surface area contributed by atoms with E-state index in [4.69, 9.17) is 4.74 Å². The zero-order chi connectivity index (χ0) is 12.3. The molecule has 94 valence electrons. The van der Waals surface area contributed by atoms with Crippen molar-refractivity contribution in [3.63, 3.8) is 0 Å². The second-order valence-corrected chi connectivity index (χ2v) is 5.70. The molecule has 0 saturated carbocycles. The molecule has 1 aromatic rings. The van der Waals surface area contributed by atoms with Gasteiger partial charge in [0.25, 0.3) is 0 Å². The van der Waals surface area contributed by atoms with E-state index in [0.29, 0.717) is 32.6 Å². The van der Waals surface area contributed by atoms with Crippen LogP contribution in [0.2, 0.25) is 0 Å². The number of anilines is 1. The minimum atomic E-state index is -0.760. The number of nitrogens with one attached hydrogen (secondary N) is 1. The minimum absolute atomic E-state index is 0.394. The Kier molecular flexibility index (Phi) is 4.01. The predicted molar refractivity (Wildman–Crippen MR) is 68.4 cm³/mol. The number of rotatable bonds is 4. The van der Waals surface area contributed by atoms with Crippen molar-refractivity contribution in [2.45, 2.75) is 12.8 Å². The number of carboxylic acids is 1. The molecule has 0 atom stereocenters. The second kappa shape index (κ2) is 5.32. The molecule has 2 N–H and O–H groups in total. The summed E-state index contributed by atoms with van der Waals surface area (Å²) < 4.78 is 5.98. The van der Waals surface area contributed by atoms with Crippen molar-refractivity contribution in [2.75, 3.05) is 25.1 Å². The van der Waals surface area contributed by atoms with E-state index < -0.39 is 11.4 Å². The van der Waals surface area contributed by atoms with Crippen LogP contribution in [0.15, 0.2) is 9.98 Å². The van der Waals surface area contributed by atoms with E-state index in [-0.39, 0.29) is 0 Å². The van der Waals surface area contributed by atoms with Gasteiger partial charge in [0, 0.05) is 25.1 Å². The van der Waals surface area contributed by atoms with Gasteiger partial charge in [0.1, 0.15) is 4.60 Å². The first kappa shape index (κ1) is 12.8. The molecule has 0 amide bonds. The summed E-state index contributed by atoms with van der Waals surface area (Å²) in [4.78, 5) is 15.6. The molecule has 0 bridgehead atoms. The number of aromatic nitrogens is 1. The van der Waals surface area contributed by atoms with Gasteiger partial charge in [-0.05, 0) is 28.8 Å². The van der Waals surface area contributed by atoms with E-state index in [1.165, 1.54) is 11.3 Å². The summed E-state index contributed by atoms with van der Waals surface area (Å²) in [5, 5.41) is 15.0. The zero-order valence-electron chi connectivity index (χ0n) is 9.11. The fraction of sp³-hybridized carbons (Fsp3) is 0.600. The van der Waals surface area contributed by atoms with Gasteiger partial charge in [-0.25, -0.2) is 4.98 Å². The van der Waals surface area contributed by atoms with Gasteiger partial charge in [0.05, 0.1) is 5.41 Å². The first-order valence-electron chi connectivity index (χ1n) is 5.28. The molecule has 5 nitrogen and oxygen atoms in total. The number of halogens is 1. The van der Waals surface area contributed by atoms with E-state index in [0.717, 1.165) is 9.73 Å². The summed E-state index contributed by atoms with van der Waals surface area (Å²) >= 11 is 4.72. The second-order valence-electron chi connectivity index (χ2n) is 4.03. The average molecular weight is 321 g/mol. The van der Waals surface area contributed by atoms with Gasteiger partial charge >= 0.3 is 5.97 Å². The van der Waals surface area contributed by atoms with Crippen molar-refractivity contribution < 1.29 is 14.6 Å². The molecule has 0 radical (unpaired) electrons. The number of carbonyl (C=O) groups is 1. The first-order chi connectivity index (χ1) is 8.12. The third-order valence-electron chi connectivity index (χ3n) is 2.96. The highest BCUT2D eigenvalue weighted by molar-refractivity contribution is 9.10. The molecule has 1 fully saturated rings. The Morgan fingerprint density at radius 1 is 1.65 bits per heavy atom. The highest BCUT2D eigenvalue weighted by Gasteiger charge is 2.40. The third kappa shape index (κ3) is 2.97. The fourth-order valence-corrected chi connectivity index (χ4v) is 2.95. The first-order valence-corrected chi connectivity index (χ1v) is 6.96. The highest BCUT2D eigenvalue weighted by Crippen LogP contribution is 2.32. The molecule has 2 rings (SSSR count). The van der Waals surface area contributed by atoms with Gasteiger partial charge in [-0.3, -0.25) is 4.79 Å². The molecule has 0 unspecified atom stereocenters. The molecular weight excluding hydrogens is 308 g/mol. The van der Waals surface area contributed by atoms with Gasteiger partial charge in [0.2, 0.25) is 0 Å². The van der Waals surface area contributed by atoms with Crippen LogP contribution in [0.25, 0.3) is 0 Å². The van der Waals surface area contributed by atoms with Crippen LogP contribution < -0.4 is 5.32 Å². The molecular formula is C10H13BrN2O3S. The standard InChI is InChI=1S/C10H13BrN2O3S/c11-7-5-17-9(13-7)12-6-10(8(14)15)1-3-16-4-2-10/h5H,1-4,6H2,(H,12,13)(H,14,15). The van der Waals surface area contributed by atoms with Crippen molar-refractivity contribution in [2.24, 2.45) is 5.41 Å². The van der Waals surface area contributed by atoms with E-state index in [2.05, 4.69) is 26.2 Å². The molecule has 2 heterocycles. The molecule has 0 aromatic carbocycles. The van der Waals surface area contributed by atoms with Crippen LogP contribution >= 0.6 is 27.3 Å². The lowest BCUT2D eigenvalue weighted by molar-refractivity contribution is -0.153. The summed E-state index contributed by atoms with van der Waals surface area (Å²) in [7, 11) is 0. The minimum Gasteiger partial charge on any atom is -0.481 e. The van der Waals surface area contributed by atoms with Crippen LogP contribution in [-0.2, 0) is 9.53 Å². The van der Waals surface area contributed by atoms with Crippen LogP contribution in [-0.4, -0.2) is 35.8 Å². The molecule has 1 aliphatic heterocycles. The van der Waals surface area contributed by atoms with Crippen molar-refractivity contribution in [3.05, 3.63) is 9.98 Å².